The molecule has 1 heterocycles. The van der Waals surface area contributed by atoms with Gasteiger partial charge in [-0.05, 0) is 50.1 Å². The molecule has 1 unspecified atom stereocenters. The molecule has 0 amide bonds. The zero-order valence-corrected chi connectivity index (χ0v) is 18.7. The molecule has 0 bridgehead atoms. The molecule has 0 aliphatic heterocycles. The van der Waals surface area contributed by atoms with Crippen LogP contribution in [0.25, 0.3) is 11.3 Å². The molecule has 2 aliphatic rings. The van der Waals surface area contributed by atoms with Gasteiger partial charge in [-0.25, -0.2) is 18.2 Å². The number of carbonyl (C=O) groups is 1. The lowest BCUT2D eigenvalue weighted by Crippen LogP contribution is -2.44. The van der Waals surface area contributed by atoms with E-state index in [0.717, 1.165) is 16.9 Å². The smallest absolute Gasteiger partial charge is 0.260 e. The van der Waals surface area contributed by atoms with Crippen molar-refractivity contribution in [2.45, 2.75) is 51.1 Å². The van der Waals surface area contributed by atoms with Gasteiger partial charge in [0.25, 0.3) is 5.92 Å². The van der Waals surface area contributed by atoms with Gasteiger partial charge in [0.1, 0.15) is 5.82 Å². The molecule has 0 saturated heterocycles. The number of rotatable bonds is 6. The van der Waals surface area contributed by atoms with Crippen molar-refractivity contribution in [2.75, 3.05) is 0 Å². The molecule has 1 N–H and O–H groups in total. The highest BCUT2D eigenvalue weighted by Gasteiger charge is 2.61. The minimum absolute atomic E-state index is 0. The summed E-state index contributed by atoms with van der Waals surface area (Å²) in [7, 11) is 0. The highest BCUT2D eigenvalue weighted by Crippen LogP contribution is 2.62. The second-order valence-corrected chi connectivity index (χ2v) is 9.18. The number of nitrogens with zero attached hydrogens (tertiary/aromatic N) is 1. The molecule has 2 aromatic rings. The highest BCUT2D eigenvalue weighted by atomic mass is 32.1. The summed E-state index contributed by atoms with van der Waals surface area (Å²) in [6.07, 6.45) is 5.87. The minimum atomic E-state index is -2.71. The summed E-state index contributed by atoms with van der Waals surface area (Å²) in [5.41, 5.74) is 0.914. The lowest BCUT2D eigenvalue weighted by molar-refractivity contribution is -0.126. The van der Waals surface area contributed by atoms with Crippen LogP contribution in [0.15, 0.2) is 61.2 Å². The average molecular weight is 464 g/mol. The Morgan fingerprint density at radius 3 is 2.44 bits per heavy atom. The van der Waals surface area contributed by atoms with Crippen LogP contribution in [0.4, 0.5) is 13.2 Å². The Kier molecular flexibility index (Phi) is 7.20. The molecule has 1 aromatic heterocycles. The first-order chi connectivity index (χ1) is 15.1. The Bertz CT molecular complexity index is 1040. The lowest BCUT2D eigenvalue weighted by atomic mass is 9.62. The number of hydrogen-bond acceptors (Lipinski definition) is 4. The lowest BCUT2D eigenvalue weighted by Gasteiger charge is -2.45. The molecular weight excluding hydrogens is 435 g/mol. The number of halogens is 3. The summed E-state index contributed by atoms with van der Waals surface area (Å²) < 4.78 is 42.2. The predicted octanol–water partition coefficient (Wildman–Crippen LogP) is 6.80. The zero-order valence-electron chi connectivity index (χ0n) is 17.9. The van der Waals surface area contributed by atoms with Crippen molar-refractivity contribution in [3.05, 3.63) is 76.9 Å². The van der Waals surface area contributed by atoms with Crippen molar-refractivity contribution in [3.63, 3.8) is 0 Å². The van der Waals surface area contributed by atoms with Crippen LogP contribution in [0, 0.1) is 11.2 Å². The van der Waals surface area contributed by atoms with Crippen LogP contribution in [0.3, 0.4) is 0 Å². The summed E-state index contributed by atoms with van der Waals surface area (Å²) in [6, 6.07) is 5.83. The Morgan fingerprint density at radius 1 is 1.31 bits per heavy atom. The summed E-state index contributed by atoms with van der Waals surface area (Å²) in [4.78, 5) is 17.2. The Balaban J connectivity index is 0.000000583. The van der Waals surface area contributed by atoms with E-state index in [2.05, 4.69) is 18.1 Å². The van der Waals surface area contributed by atoms with Crippen molar-refractivity contribution < 1.29 is 24.5 Å². The van der Waals surface area contributed by atoms with Gasteiger partial charge in [-0.1, -0.05) is 30.7 Å². The highest BCUT2D eigenvalue weighted by molar-refractivity contribution is 7.14. The maximum atomic E-state index is 14.5. The normalized spacial score (nSPS) is 18.7. The quantitative estimate of drug-likeness (QED) is 0.291. The molecule has 1 aromatic carbocycles. The SMILES string of the molecule is C=CC(=O)c1nc(-c2ccc(F)cc2)c(CC2=CCC(F)(F)C23CCC3)s1.C=CC(C)O.[HH]. The molecule has 1 fully saturated rings. The molecular formula is C25H28F3NO2S. The van der Waals surface area contributed by atoms with Gasteiger partial charge >= 0.3 is 0 Å². The van der Waals surface area contributed by atoms with E-state index in [1.54, 1.807) is 25.1 Å². The molecule has 1 atom stereocenters. The predicted molar refractivity (Wildman–Crippen MR) is 124 cm³/mol. The summed E-state index contributed by atoms with van der Waals surface area (Å²) in [5, 5.41) is 8.51. The van der Waals surface area contributed by atoms with E-state index in [0.29, 0.717) is 30.5 Å². The summed E-state index contributed by atoms with van der Waals surface area (Å²) in [6.45, 7) is 8.45. The van der Waals surface area contributed by atoms with Crippen molar-refractivity contribution in [3.8, 4) is 11.3 Å². The summed E-state index contributed by atoms with van der Waals surface area (Å²) in [5.74, 6) is -3.38. The second-order valence-electron chi connectivity index (χ2n) is 8.09. The third-order valence-electron chi connectivity index (χ3n) is 6.03. The van der Waals surface area contributed by atoms with Crippen molar-refractivity contribution in [1.82, 2.24) is 4.98 Å². The van der Waals surface area contributed by atoms with Gasteiger partial charge in [-0.2, -0.15) is 0 Å². The van der Waals surface area contributed by atoms with Crippen LogP contribution in [0.1, 0.15) is 48.7 Å². The van der Waals surface area contributed by atoms with Gasteiger partial charge in [0.05, 0.1) is 17.2 Å². The van der Waals surface area contributed by atoms with Gasteiger partial charge in [-0.15, -0.1) is 17.9 Å². The van der Waals surface area contributed by atoms with Gasteiger partial charge in [-0.3, -0.25) is 4.79 Å². The maximum absolute atomic E-state index is 14.5. The number of allylic oxidation sites excluding steroid dienone is 3. The van der Waals surface area contributed by atoms with Gasteiger partial charge in [0, 0.05) is 24.7 Å². The molecule has 1 spiro atoms. The second kappa shape index (κ2) is 9.55. The standard InChI is InChI=1S/C21H18F3NOS.C4H8O.H2/c1-2-16(26)19-25-18(13-4-6-15(22)7-5-13)17(27-19)12-14-8-11-21(23,24)20(14)9-3-10-20;1-3-4(2)5;/h2,4-8H,1,3,9-12H2;3-5H,1H2,2H3;1H. The number of carbonyl (C=O) groups excluding carboxylic acids is 1. The number of aliphatic hydroxyl groups excluding tert-OH is 1. The number of ketones is 1. The van der Waals surface area contributed by atoms with Gasteiger partial charge in [0.2, 0.25) is 5.78 Å². The largest absolute Gasteiger partial charge is 0.389 e. The molecule has 4 rings (SSSR count). The van der Waals surface area contributed by atoms with E-state index in [1.807, 2.05) is 0 Å². The van der Waals surface area contributed by atoms with Gasteiger partial charge in [0.15, 0.2) is 5.01 Å². The van der Waals surface area contributed by atoms with Crippen LogP contribution in [-0.2, 0) is 6.42 Å². The van der Waals surface area contributed by atoms with E-state index in [-0.39, 0.29) is 30.6 Å². The Labute approximate surface area is 191 Å². The number of benzene rings is 1. The van der Waals surface area contributed by atoms with E-state index in [4.69, 9.17) is 5.11 Å². The molecule has 172 valence electrons. The first-order valence-electron chi connectivity index (χ1n) is 10.4. The number of aliphatic hydroxyl groups is 1. The fourth-order valence-corrected chi connectivity index (χ4v) is 5.05. The fraction of sp³-hybridized carbons (Fsp3) is 0.360. The Morgan fingerprint density at radius 2 is 1.94 bits per heavy atom. The van der Waals surface area contributed by atoms with Crippen LogP contribution < -0.4 is 0 Å². The average Bonchev–Trinajstić information content (AvgIpc) is 3.26. The van der Waals surface area contributed by atoms with E-state index in [1.165, 1.54) is 35.6 Å². The first kappa shape index (κ1) is 24.1. The zero-order chi connectivity index (χ0) is 23.5. The molecule has 32 heavy (non-hydrogen) atoms. The van der Waals surface area contributed by atoms with Crippen molar-refractivity contribution >= 4 is 17.1 Å². The minimum Gasteiger partial charge on any atom is -0.389 e. The topological polar surface area (TPSA) is 50.2 Å². The fourth-order valence-electron chi connectivity index (χ4n) is 4.01. The number of hydrogen-bond donors (Lipinski definition) is 1. The number of alkyl halides is 2. The van der Waals surface area contributed by atoms with Crippen molar-refractivity contribution in [2.24, 2.45) is 5.41 Å². The molecule has 1 saturated carbocycles. The summed E-state index contributed by atoms with van der Waals surface area (Å²) >= 11 is 1.20. The van der Waals surface area contributed by atoms with Crippen LogP contribution in [-0.4, -0.2) is 27.9 Å². The van der Waals surface area contributed by atoms with Gasteiger partial charge < -0.3 is 5.11 Å². The van der Waals surface area contributed by atoms with E-state index >= 15 is 0 Å². The van der Waals surface area contributed by atoms with E-state index in [9.17, 15) is 18.0 Å². The van der Waals surface area contributed by atoms with Crippen LogP contribution in [0.2, 0.25) is 0 Å². The monoisotopic (exact) mass is 463 g/mol. The van der Waals surface area contributed by atoms with Crippen LogP contribution >= 0.6 is 11.3 Å². The third-order valence-corrected chi connectivity index (χ3v) is 7.10. The molecule has 3 nitrogen and oxygen atoms in total. The number of aromatic nitrogens is 1. The molecule has 0 radical (unpaired) electrons. The van der Waals surface area contributed by atoms with Crippen molar-refractivity contribution in [1.29, 1.82) is 0 Å². The molecule has 2 aliphatic carbocycles. The maximum Gasteiger partial charge on any atom is 0.260 e. The first-order valence-corrected chi connectivity index (χ1v) is 11.3. The van der Waals surface area contributed by atoms with E-state index < -0.39 is 11.3 Å². The Hall–Kier alpha value is -2.51. The third kappa shape index (κ3) is 4.64. The molecule has 7 heteroatoms. The van der Waals surface area contributed by atoms with Crippen LogP contribution in [0.5, 0.6) is 0 Å². The number of thiazole rings is 1.